The van der Waals surface area contributed by atoms with Crippen LogP contribution in [0.1, 0.15) is 51.0 Å². The zero-order valence-corrected chi connectivity index (χ0v) is 19.0. The molecule has 2 aliphatic rings. The highest BCUT2D eigenvalue weighted by Gasteiger charge is 2.45. The van der Waals surface area contributed by atoms with Crippen molar-refractivity contribution < 1.29 is 40.2 Å². The number of ether oxygens (including phenoxy) is 2. The van der Waals surface area contributed by atoms with E-state index in [9.17, 15) is 30.7 Å². The largest absolute Gasteiger partial charge is 0.458 e. The molecule has 35 heavy (non-hydrogen) atoms. The molecule has 4 rings (SSSR count). The van der Waals surface area contributed by atoms with E-state index in [-0.39, 0.29) is 35.7 Å². The first-order chi connectivity index (χ1) is 16.4. The first-order valence-electron chi connectivity index (χ1n) is 11.6. The van der Waals surface area contributed by atoms with Gasteiger partial charge in [-0.25, -0.2) is 8.78 Å². The third-order valence-electron chi connectivity index (χ3n) is 6.96. The van der Waals surface area contributed by atoms with Gasteiger partial charge in [-0.2, -0.15) is 22.0 Å². The molecule has 2 aromatic rings. The van der Waals surface area contributed by atoms with Gasteiger partial charge in [0.15, 0.2) is 0 Å². The molecule has 0 N–H and O–H groups in total. The zero-order valence-electron chi connectivity index (χ0n) is 19.0. The van der Waals surface area contributed by atoms with E-state index in [0.29, 0.717) is 18.3 Å². The molecule has 1 heterocycles. The first-order valence-corrected chi connectivity index (χ1v) is 11.6. The molecule has 1 saturated heterocycles. The average Bonchev–Trinajstić information content (AvgIpc) is 2.78. The molecule has 0 bridgehead atoms. The van der Waals surface area contributed by atoms with Crippen LogP contribution < -0.4 is 4.74 Å². The van der Waals surface area contributed by atoms with Gasteiger partial charge in [-0.1, -0.05) is 25.7 Å². The topological polar surface area (TPSA) is 18.5 Å². The summed E-state index contributed by atoms with van der Waals surface area (Å²) in [6.07, 6.45) is -3.48. The predicted molar refractivity (Wildman–Crippen MR) is 116 cm³/mol. The Balaban J connectivity index is 1.45. The maximum Gasteiger partial charge on any atom is 0.458 e. The van der Waals surface area contributed by atoms with Gasteiger partial charge in [0.25, 0.3) is 0 Å². The van der Waals surface area contributed by atoms with Crippen molar-refractivity contribution in [2.24, 2.45) is 17.8 Å². The van der Waals surface area contributed by atoms with Gasteiger partial charge in [0, 0.05) is 11.3 Å². The highest BCUT2D eigenvalue weighted by molar-refractivity contribution is 5.86. The molecule has 2 aromatic carbocycles. The van der Waals surface area contributed by atoms with E-state index >= 15 is 0 Å². The minimum atomic E-state index is -4.92. The van der Waals surface area contributed by atoms with E-state index in [1.165, 1.54) is 5.92 Å². The van der Waals surface area contributed by atoms with E-state index in [1.54, 1.807) is 0 Å². The Bertz CT molecular complexity index is 1120. The van der Waals surface area contributed by atoms with Gasteiger partial charge in [0.2, 0.25) is 0 Å². The molecule has 2 atom stereocenters. The number of halogens is 7. The maximum absolute atomic E-state index is 14.9. The maximum atomic E-state index is 14.9. The molecule has 0 spiro atoms. The molecule has 1 aliphatic carbocycles. The fourth-order valence-electron chi connectivity index (χ4n) is 4.93. The number of benzene rings is 2. The summed E-state index contributed by atoms with van der Waals surface area (Å²) in [4.78, 5) is 0. The Morgan fingerprint density at radius 2 is 1.66 bits per heavy atom. The molecular formula is C26H25F7O2. The normalized spacial score (nSPS) is 25.7. The first kappa shape index (κ1) is 25.6. The number of hydrogen-bond acceptors (Lipinski definition) is 2. The highest BCUT2D eigenvalue weighted by atomic mass is 19.4. The van der Waals surface area contributed by atoms with Crippen LogP contribution in [0.15, 0.2) is 24.3 Å². The number of hydrogen-bond donors (Lipinski definition) is 0. The predicted octanol–water partition coefficient (Wildman–Crippen LogP) is 7.62. The minimum absolute atomic E-state index is 0.0317. The monoisotopic (exact) mass is 502 g/mol. The quantitative estimate of drug-likeness (QED) is 0.316. The number of fused-ring (bicyclic) bond motifs is 1. The van der Waals surface area contributed by atoms with Gasteiger partial charge in [-0.15, -0.1) is 0 Å². The summed E-state index contributed by atoms with van der Waals surface area (Å²) in [7, 11) is 0. The van der Waals surface area contributed by atoms with Crippen LogP contribution in [-0.4, -0.2) is 25.0 Å². The van der Waals surface area contributed by atoms with Gasteiger partial charge in [0.05, 0.1) is 24.2 Å². The van der Waals surface area contributed by atoms with Crippen molar-refractivity contribution in [3.8, 4) is 17.6 Å². The molecule has 2 nitrogen and oxygen atoms in total. The van der Waals surface area contributed by atoms with Crippen LogP contribution in [0.3, 0.4) is 0 Å². The van der Waals surface area contributed by atoms with E-state index in [1.807, 2.05) is 0 Å². The standard InChI is InChI=1S/C26H25F7O2/c1-15-2-4-16(5-3-15)23-9-6-18(14-34-23)26(32,33)35-19-7-8-20-17(12-19)13-22(27)21(24(20)28)10-11-25(29,30)31/h7-8,12-13,15-16,18,23H,2-6,9,14H2,1H3. The van der Waals surface area contributed by atoms with Crippen molar-refractivity contribution in [3.05, 3.63) is 41.5 Å². The molecular weight excluding hydrogens is 477 g/mol. The van der Waals surface area contributed by atoms with Crippen molar-refractivity contribution in [2.75, 3.05) is 6.61 Å². The molecule has 1 aliphatic heterocycles. The zero-order chi connectivity index (χ0) is 25.4. The van der Waals surface area contributed by atoms with E-state index in [2.05, 4.69) is 6.92 Å². The van der Waals surface area contributed by atoms with Crippen LogP contribution in [-0.2, 0) is 4.74 Å². The smallest absolute Gasteiger partial charge is 0.432 e. The summed E-state index contributed by atoms with van der Waals surface area (Å²) >= 11 is 0. The average molecular weight is 502 g/mol. The molecule has 0 amide bonds. The molecule has 0 radical (unpaired) electrons. The Morgan fingerprint density at radius 3 is 2.29 bits per heavy atom. The Kier molecular flexibility index (Phi) is 7.23. The third kappa shape index (κ3) is 6.03. The fraction of sp³-hybridized carbons (Fsp3) is 0.538. The molecule has 1 saturated carbocycles. The van der Waals surface area contributed by atoms with Crippen LogP contribution in [0.25, 0.3) is 10.8 Å². The van der Waals surface area contributed by atoms with E-state index in [4.69, 9.17) is 9.47 Å². The Morgan fingerprint density at radius 1 is 0.943 bits per heavy atom. The van der Waals surface area contributed by atoms with Gasteiger partial charge < -0.3 is 9.47 Å². The summed E-state index contributed by atoms with van der Waals surface area (Å²) in [5.41, 5.74) is -1.05. The number of alkyl halides is 5. The molecule has 2 fully saturated rings. The lowest BCUT2D eigenvalue weighted by atomic mass is 9.78. The Labute approximate surface area is 198 Å². The number of rotatable bonds is 4. The molecule has 2 unspecified atom stereocenters. The summed E-state index contributed by atoms with van der Waals surface area (Å²) < 4.78 is 106. The molecule has 0 aromatic heterocycles. The van der Waals surface area contributed by atoms with Gasteiger partial charge in [-0.05, 0) is 67.2 Å². The third-order valence-corrected chi connectivity index (χ3v) is 6.96. The second kappa shape index (κ2) is 9.88. The van der Waals surface area contributed by atoms with Gasteiger partial charge >= 0.3 is 12.3 Å². The van der Waals surface area contributed by atoms with Gasteiger partial charge in [-0.3, -0.25) is 0 Å². The van der Waals surface area contributed by atoms with Crippen LogP contribution in [0, 0.1) is 41.2 Å². The van der Waals surface area contributed by atoms with Crippen LogP contribution in [0.5, 0.6) is 5.75 Å². The molecule has 190 valence electrons. The Hall–Kier alpha value is -2.47. The summed E-state index contributed by atoms with van der Waals surface area (Å²) in [6.45, 7) is 2.06. The van der Waals surface area contributed by atoms with Crippen molar-refractivity contribution in [3.63, 3.8) is 0 Å². The van der Waals surface area contributed by atoms with Crippen LogP contribution >= 0.6 is 0 Å². The highest BCUT2D eigenvalue weighted by Crippen LogP contribution is 2.40. The summed E-state index contributed by atoms with van der Waals surface area (Å²) in [5.74, 6) is -0.794. The summed E-state index contributed by atoms with van der Waals surface area (Å²) in [6, 6.07) is 3.87. The van der Waals surface area contributed by atoms with Crippen molar-refractivity contribution in [1.82, 2.24) is 0 Å². The van der Waals surface area contributed by atoms with Crippen molar-refractivity contribution >= 4 is 10.8 Å². The minimum Gasteiger partial charge on any atom is -0.432 e. The second-order valence-corrected chi connectivity index (χ2v) is 9.51. The second-order valence-electron chi connectivity index (χ2n) is 9.51. The SMILES string of the molecule is CC1CCC(C2CCC(C(F)(F)Oc3ccc4c(F)c(C#CC(F)(F)F)c(F)cc4c3)CO2)CC1. The lowest BCUT2D eigenvalue weighted by Crippen LogP contribution is -2.43. The van der Waals surface area contributed by atoms with Crippen LogP contribution in [0.2, 0.25) is 0 Å². The lowest BCUT2D eigenvalue weighted by molar-refractivity contribution is -0.244. The van der Waals surface area contributed by atoms with Crippen molar-refractivity contribution in [2.45, 2.75) is 63.8 Å². The van der Waals surface area contributed by atoms with Crippen molar-refractivity contribution in [1.29, 1.82) is 0 Å². The van der Waals surface area contributed by atoms with E-state index in [0.717, 1.165) is 55.9 Å². The van der Waals surface area contributed by atoms with Gasteiger partial charge in [0.1, 0.15) is 17.4 Å². The lowest BCUT2D eigenvalue weighted by Gasteiger charge is -2.38. The molecule has 9 heteroatoms. The summed E-state index contributed by atoms with van der Waals surface area (Å²) in [5, 5.41) is -0.406. The van der Waals surface area contributed by atoms with Crippen LogP contribution in [0.4, 0.5) is 30.7 Å². The fourth-order valence-corrected chi connectivity index (χ4v) is 4.93. The van der Waals surface area contributed by atoms with E-state index < -0.39 is 35.4 Å².